The molecule has 154 valence electrons. The lowest BCUT2D eigenvalue weighted by molar-refractivity contribution is -0.277. The van der Waals surface area contributed by atoms with Crippen molar-refractivity contribution >= 4 is 11.0 Å². The highest BCUT2D eigenvalue weighted by Gasteiger charge is 2.60. The molecule has 0 spiro atoms. The molecule has 3 nitrogen and oxygen atoms in total. The fourth-order valence-electron chi connectivity index (χ4n) is 2.74. The third kappa shape index (κ3) is 4.64. The van der Waals surface area contributed by atoms with Crippen LogP contribution in [-0.4, -0.2) is 20.2 Å². The predicted molar refractivity (Wildman–Crippen MR) is 106 cm³/mol. The lowest BCUT2D eigenvalue weighted by atomic mass is 9.82. The number of alkyl halides is 3. The molecular formula is C21H26F3NO2S. The standard InChI is InChI=1S/C21H26F3NO2S/c1-14-6-10-16(11-7-14)18(25-28(27)19(3,4)5)20(26,21(22,23)24)17-12-8-15(2)9-13-17/h6-13,18,25-26H,1-5H3/t18-,20+,28?/m0/s1. The molecule has 0 fully saturated rings. The van der Waals surface area contributed by atoms with E-state index < -0.39 is 33.6 Å². The van der Waals surface area contributed by atoms with Crippen molar-refractivity contribution in [3.8, 4) is 0 Å². The highest BCUT2D eigenvalue weighted by atomic mass is 32.2. The molecule has 0 heterocycles. The molecule has 3 atom stereocenters. The van der Waals surface area contributed by atoms with E-state index in [1.165, 1.54) is 36.4 Å². The summed E-state index contributed by atoms with van der Waals surface area (Å²) in [5.41, 5.74) is -1.74. The highest BCUT2D eigenvalue weighted by Crippen LogP contribution is 2.48. The van der Waals surface area contributed by atoms with Gasteiger partial charge in [0.2, 0.25) is 5.60 Å². The monoisotopic (exact) mass is 413 g/mol. The van der Waals surface area contributed by atoms with Crippen LogP contribution in [0.25, 0.3) is 0 Å². The third-order valence-corrected chi connectivity index (χ3v) is 6.10. The first-order valence-corrected chi connectivity index (χ1v) is 10.0. The molecule has 7 heteroatoms. The molecule has 28 heavy (non-hydrogen) atoms. The van der Waals surface area contributed by atoms with Gasteiger partial charge in [-0.2, -0.15) is 13.2 Å². The number of benzene rings is 2. The fourth-order valence-corrected chi connectivity index (χ4v) is 3.61. The van der Waals surface area contributed by atoms with Crippen molar-refractivity contribution < 1.29 is 22.5 Å². The van der Waals surface area contributed by atoms with Crippen molar-refractivity contribution in [2.45, 2.75) is 57.2 Å². The smallest absolute Gasteiger partial charge is 0.375 e. The number of hydrogen-bond donors (Lipinski definition) is 2. The van der Waals surface area contributed by atoms with Crippen LogP contribution in [0.4, 0.5) is 13.2 Å². The van der Waals surface area contributed by atoms with Crippen molar-refractivity contribution in [3.05, 3.63) is 70.8 Å². The normalized spacial score (nSPS) is 17.0. The van der Waals surface area contributed by atoms with E-state index in [2.05, 4.69) is 4.72 Å². The Bertz CT molecular complexity index is 827. The van der Waals surface area contributed by atoms with Crippen molar-refractivity contribution in [2.24, 2.45) is 0 Å². The van der Waals surface area contributed by atoms with Gasteiger partial charge < -0.3 is 5.11 Å². The van der Waals surface area contributed by atoms with Gasteiger partial charge in [0.25, 0.3) is 0 Å². The van der Waals surface area contributed by atoms with Crippen LogP contribution < -0.4 is 4.72 Å². The van der Waals surface area contributed by atoms with Crippen LogP contribution in [0.2, 0.25) is 0 Å². The van der Waals surface area contributed by atoms with Crippen LogP contribution in [0.1, 0.15) is 49.1 Å². The first-order chi connectivity index (χ1) is 12.8. The molecular weight excluding hydrogens is 387 g/mol. The number of nitrogens with one attached hydrogen (secondary N) is 1. The minimum Gasteiger partial charge on any atom is -0.375 e. The average molecular weight is 414 g/mol. The largest absolute Gasteiger partial charge is 0.423 e. The summed E-state index contributed by atoms with van der Waals surface area (Å²) in [6.45, 7) is 8.53. The second-order valence-electron chi connectivity index (χ2n) is 7.97. The quantitative estimate of drug-likeness (QED) is 0.736. The van der Waals surface area contributed by atoms with E-state index in [0.29, 0.717) is 0 Å². The summed E-state index contributed by atoms with van der Waals surface area (Å²) in [7, 11) is -1.84. The van der Waals surface area contributed by atoms with E-state index in [9.17, 15) is 22.5 Å². The summed E-state index contributed by atoms with van der Waals surface area (Å²) in [6.07, 6.45) is -5.01. The van der Waals surface area contributed by atoms with Gasteiger partial charge in [-0.3, -0.25) is 0 Å². The zero-order valence-electron chi connectivity index (χ0n) is 16.6. The Hall–Kier alpha value is -1.70. The Morgan fingerprint density at radius 1 is 0.893 bits per heavy atom. The Kier molecular flexibility index (Phi) is 6.43. The summed E-state index contributed by atoms with van der Waals surface area (Å²) in [6, 6.07) is 10.2. The van der Waals surface area contributed by atoms with Crippen LogP contribution in [0.3, 0.4) is 0 Å². The van der Waals surface area contributed by atoms with E-state index in [0.717, 1.165) is 11.1 Å². The number of hydrogen-bond acceptors (Lipinski definition) is 2. The van der Waals surface area contributed by atoms with Gasteiger partial charge in [-0.25, -0.2) is 8.93 Å². The van der Waals surface area contributed by atoms with Gasteiger partial charge in [0, 0.05) is 0 Å². The Morgan fingerprint density at radius 2 is 1.32 bits per heavy atom. The summed E-state index contributed by atoms with van der Waals surface area (Å²) in [5.74, 6) is 0. The predicted octanol–water partition coefficient (Wildman–Crippen LogP) is 4.85. The van der Waals surface area contributed by atoms with E-state index in [-0.39, 0.29) is 11.1 Å². The molecule has 0 bridgehead atoms. The molecule has 1 unspecified atom stereocenters. The number of aryl methyl sites for hydroxylation is 2. The molecule has 0 saturated carbocycles. The second kappa shape index (κ2) is 7.97. The Labute approximate surface area is 166 Å². The summed E-state index contributed by atoms with van der Waals surface area (Å²) in [4.78, 5) is 0. The first-order valence-electron chi connectivity index (χ1n) is 8.87. The molecule has 2 N–H and O–H groups in total. The molecule has 0 aliphatic rings. The maximum absolute atomic E-state index is 14.3. The molecule has 2 rings (SSSR count). The van der Waals surface area contributed by atoms with Gasteiger partial charge in [-0.1, -0.05) is 59.7 Å². The van der Waals surface area contributed by atoms with Gasteiger partial charge in [-0.15, -0.1) is 0 Å². The van der Waals surface area contributed by atoms with Crippen molar-refractivity contribution in [1.82, 2.24) is 4.72 Å². The summed E-state index contributed by atoms with van der Waals surface area (Å²) >= 11 is 0. The lowest BCUT2D eigenvalue weighted by Crippen LogP contribution is -2.53. The molecule has 0 saturated heterocycles. The molecule has 0 aromatic heterocycles. The zero-order valence-corrected chi connectivity index (χ0v) is 17.4. The maximum atomic E-state index is 14.3. The maximum Gasteiger partial charge on any atom is 0.423 e. The van der Waals surface area contributed by atoms with Gasteiger partial charge >= 0.3 is 6.18 Å². The van der Waals surface area contributed by atoms with Gasteiger partial charge in [-0.05, 0) is 45.7 Å². The van der Waals surface area contributed by atoms with Crippen molar-refractivity contribution in [2.75, 3.05) is 0 Å². The molecule has 2 aromatic carbocycles. The average Bonchev–Trinajstić information content (AvgIpc) is 2.58. The van der Waals surface area contributed by atoms with E-state index in [1.807, 2.05) is 6.92 Å². The van der Waals surface area contributed by atoms with Gasteiger partial charge in [0.15, 0.2) is 0 Å². The first kappa shape index (κ1) is 22.6. The highest BCUT2D eigenvalue weighted by molar-refractivity contribution is 7.84. The topological polar surface area (TPSA) is 49.3 Å². The van der Waals surface area contributed by atoms with E-state index in [4.69, 9.17) is 0 Å². The molecule has 0 amide bonds. The Balaban J connectivity index is 2.69. The van der Waals surface area contributed by atoms with Crippen LogP contribution in [0.5, 0.6) is 0 Å². The zero-order chi connectivity index (χ0) is 21.3. The van der Waals surface area contributed by atoms with Gasteiger partial charge in [0.05, 0.1) is 21.8 Å². The van der Waals surface area contributed by atoms with E-state index >= 15 is 0 Å². The SMILES string of the molecule is Cc1ccc([C@H](NS(=O)C(C)(C)C)[C@](O)(c2ccc(C)cc2)C(F)(F)F)cc1. The molecule has 2 aromatic rings. The number of aliphatic hydroxyl groups is 1. The minimum atomic E-state index is -5.01. The van der Waals surface area contributed by atoms with Crippen LogP contribution in [-0.2, 0) is 16.6 Å². The van der Waals surface area contributed by atoms with Crippen LogP contribution in [0, 0.1) is 13.8 Å². The number of rotatable bonds is 5. The van der Waals surface area contributed by atoms with Crippen LogP contribution >= 0.6 is 0 Å². The molecule has 0 radical (unpaired) electrons. The third-order valence-electron chi connectivity index (χ3n) is 4.53. The lowest BCUT2D eigenvalue weighted by Gasteiger charge is -2.39. The number of halogens is 3. The second-order valence-corrected chi connectivity index (χ2v) is 9.97. The Morgan fingerprint density at radius 3 is 1.71 bits per heavy atom. The van der Waals surface area contributed by atoms with Crippen LogP contribution in [0.15, 0.2) is 48.5 Å². The van der Waals surface area contributed by atoms with E-state index in [1.54, 1.807) is 39.8 Å². The molecule has 0 aliphatic heterocycles. The van der Waals surface area contributed by atoms with Crippen molar-refractivity contribution in [1.29, 1.82) is 0 Å². The fraction of sp³-hybridized carbons (Fsp3) is 0.429. The molecule has 0 aliphatic carbocycles. The minimum absolute atomic E-state index is 0.198. The van der Waals surface area contributed by atoms with Crippen molar-refractivity contribution in [3.63, 3.8) is 0 Å². The van der Waals surface area contributed by atoms with Gasteiger partial charge in [0.1, 0.15) is 0 Å². The summed E-state index contributed by atoms with van der Waals surface area (Å²) in [5, 5.41) is 11.1. The summed E-state index contributed by atoms with van der Waals surface area (Å²) < 4.78 is 57.2.